The Bertz CT molecular complexity index is 1030. The van der Waals surface area contributed by atoms with Crippen molar-refractivity contribution >= 4 is 6.09 Å². The first-order valence-electron chi connectivity index (χ1n) is 9.59. The fraction of sp³-hybridized carbons (Fsp3) is 0.160. The first kappa shape index (κ1) is 18.6. The van der Waals surface area contributed by atoms with Crippen LogP contribution < -0.4 is 5.32 Å². The number of alkyl carbamates (subject to hydrolysis) is 1. The maximum absolute atomic E-state index is 12.1. The molecule has 0 saturated carbocycles. The van der Waals surface area contributed by atoms with Gasteiger partial charge in [0.1, 0.15) is 12.4 Å². The van der Waals surface area contributed by atoms with Gasteiger partial charge in [0.05, 0.1) is 0 Å². The van der Waals surface area contributed by atoms with Crippen LogP contribution in [0.3, 0.4) is 0 Å². The van der Waals surface area contributed by atoms with E-state index in [0.717, 1.165) is 5.56 Å². The molecule has 0 aromatic heterocycles. The Morgan fingerprint density at radius 2 is 1.55 bits per heavy atom. The van der Waals surface area contributed by atoms with Crippen LogP contribution in [0.4, 0.5) is 4.79 Å². The van der Waals surface area contributed by atoms with Crippen LogP contribution in [-0.4, -0.2) is 24.4 Å². The highest BCUT2D eigenvalue weighted by molar-refractivity contribution is 5.79. The summed E-state index contributed by atoms with van der Waals surface area (Å²) in [5, 5.41) is 12.0. The minimum atomic E-state index is -0.432. The molecule has 0 atom stereocenters. The Kier molecular flexibility index (Phi) is 5.49. The van der Waals surface area contributed by atoms with Gasteiger partial charge in [0, 0.05) is 24.4 Å². The number of phenols is 1. The Morgan fingerprint density at radius 3 is 2.21 bits per heavy atom. The molecule has 0 heterocycles. The van der Waals surface area contributed by atoms with E-state index >= 15 is 0 Å². The van der Waals surface area contributed by atoms with Crippen LogP contribution in [-0.2, 0) is 4.74 Å². The van der Waals surface area contributed by atoms with E-state index in [-0.39, 0.29) is 11.7 Å². The zero-order chi connectivity index (χ0) is 20.1. The molecule has 0 unspecified atom stereocenters. The van der Waals surface area contributed by atoms with Gasteiger partial charge in [-0.1, -0.05) is 60.4 Å². The number of nitrogens with one attached hydrogen (secondary N) is 1. The van der Waals surface area contributed by atoms with Gasteiger partial charge in [-0.2, -0.15) is 0 Å². The fourth-order valence-corrected chi connectivity index (χ4v) is 3.59. The number of carbonyl (C=O) groups is 1. The molecule has 1 aliphatic rings. The quantitative estimate of drug-likeness (QED) is 0.508. The molecule has 2 N–H and O–H groups in total. The Morgan fingerprint density at radius 1 is 0.931 bits per heavy atom. The molecule has 144 valence electrons. The van der Waals surface area contributed by atoms with Crippen LogP contribution in [0.5, 0.6) is 5.75 Å². The largest absolute Gasteiger partial charge is 0.508 e. The first-order chi connectivity index (χ1) is 14.2. The Hall–Kier alpha value is -3.71. The van der Waals surface area contributed by atoms with E-state index in [1.165, 1.54) is 22.3 Å². The Balaban J connectivity index is 1.29. The maximum Gasteiger partial charge on any atom is 0.407 e. The molecular weight excluding hydrogens is 362 g/mol. The van der Waals surface area contributed by atoms with E-state index < -0.39 is 6.09 Å². The third-order valence-electron chi connectivity index (χ3n) is 4.96. The molecule has 29 heavy (non-hydrogen) atoms. The number of carbonyl (C=O) groups excluding carboxylic acids is 1. The lowest BCUT2D eigenvalue weighted by Crippen LogP contribution is -2.26. The van der Waals surface area contributed by atoms with Gasteiger partial charge in [0.15, 0.2) is 0 Å². The van der Waals surface area contributed by atoms with Gasteiger partial charge in [0.2, 0.25) is 0 Å². The van der Waals surface area contributed by atoms with Crippen molar-refractivity contribution in [2.75, 3.05) is 13.2 Å². The molecule has 1 amide bonds. The molecule has 0 radical (unpaired) electrons. The van der Waals surface area contributed by atoms with Crippen molar-refractivity contribution in [2.45, 2.75) is 12.3 Å². The van der Waals surface area contributed by atoms with Crippen LogP contribution in [0.15, 0.2) is 72.8 Å². The normalized spacial score (nSPS) is 11.7. The van der Waals surface area contributed by atoms with Gasteiger partial charge in [0.25, 0.3) is 0 Å². The molecule has 4 heteroatoms. The lowest BCUT2D eigenvalue weighted by molar-refractivity contribution is 0.143. The predicted octanol–water partition coefficient (Wildman–Crippen LogP) is 4.67. The molecule has 0 spiro atoms. The van der Waals surface area contributed by atoms with Gasteiger partial charge < -0.3 is 15.2 Å². The minimum absolute atomic E-state index is 0.0578. The van der Waals surface area contributed by atoms with E-state index in [0.29, 0.717) is 19.6 Å². The van der Waals surface area contributed by atoms with Crippen LogP contribution in [0.2, 0.25) is 0 Å². The topological polar surface area (TPSA) is 58.6 Å². The summed E-state index contributed by atoms with van der Waals surface area (Å²) in [6.07, 6.45) is 0.0868. The third kappa shape index (κ3) is 4.25. The van der Waals surface area contributed by atoms with Crippen LogP contribution in [0.25, 0.3) is 11.1 Å². The number of amides is 1. The van der Waals surface area contributed by atoms with Crippen molar-refractivity contribution in [3.63, 3.8) is 0 Å². The van der Waals surface area contributed by atoms with Crippen molar-refractivity contribution in [2.24, 2.45) is 0 Å². The smallest absolute Gasteiger partial charge is 0.407 e. The maximum atomic E-state index is 12.1. The van der Waals surface area contributed by atoms with Crippen molar-refractivity contribution in [3.05, 3.63) is 89.5 Å². The highest BCUT2D eigenvalue weighted by atomic mass is 16.5. The fourth-order valence-electron chi connectivity index (χ4n) is 3.59. The summed E-state index contributed by atoms with van der Waals surface area (Å²) in [5.74, 6) is 6.26. The second-order valence-corrected chi connectivity index (χ2v) is 6.85. The summed E-state index contributed by atoms with van der Waals surface area (Å²) in [6, 6.07) is 23.2. The second-order valence-electron chi connectivity index (χ2n) is 6.85. The highest BCUT2D eigenvalue weighted by Crippen LogP contribution is 2.44. The highest BCUT2D eigenvalue weighted by Gasteiger charge is 2.28. The summed E-state index contributed by atoms with van der Waals surface area (Å²) in [7, 11) is 0. The van der Waals surface area contributed by atoms with E-state index in [9.17, 15) is 9.90 Å². The van der Waals surface area contributed by atoms with Crippen LogP contribution in [0, 0.1) is 11.8 Å². The summed E-state index contributed by atoms with van der Waals surface area (Å²) >= 11 is 0. The van der Waals surface area contributed by atoms with Gasteiger partial charge in [-0.05, 0) is 46.5 Å². The number of rotatable bonds is 4. The number of ether oxygens (including phenoxy) is 1. The van der Waals surface area contributed by atoms with Crippen molar-refractivity contribution in [1.29, 1.82) is 0 Å². The molecule has 4 rings (SSSR count). The number of aromatic hydroxyl groups is 1. The van der Waals surface area contributed by atoms with Gasteiger partial charge >= 0.3 is 6.09 Å². The Labute approximate surface area is 170 Å². The molecule has 0 saturated heterocycles. The molecular formula is C25H21NO3. The number of benzene rings is 3. The van der Waals surface area contributed by atoms with E-state index in [1.54, 1.807) is 24.3 Å². The molecule has 4 nitrogen and oxygen atoms in total. The zero-order valence-electron chi connectivity index (χ0n) is 15.9. The monoisotopic (exact) mass is 383 g/mol. The average molecular weight is 383 g/mol. The average Bonchev–Trinajstić information content (AvgIpc) is 3.07. The minimum Gasteiger partial charge on any atom is -0.508 e. The summed E-state index contributed by atoms with van der Waals surface area (Å²) < 4.78 is 5.49. The predicted molar refractivity (Wildman–Crippen MR) is 113 cm³/mol. The van der Waals surface area contributed by atoms with Crippen molar-refractivity contribution in [3.8, 4) is 28.7 Å². The van der Waals surface area contributed by atoms with E-state index in [2.05, 4.69) is 41.4 Å². The van der Waals surface area contributed by atoms with E-state index in [1.807, 2.05) is 24.3 Å². The van der Waals surface area contributed by atoms with Crippen molar-refractivity contribution < 1.29 is 14.6 Å². The summed E-state index contributed by atoms with van der Waals surface area (Å²) in [5.41, 5.74) is 5.63. The second kappa shape index (κ2) is 8.53. The molecule has 3 aromatic rings. The van der Waals surface area contributed by atoms with E-state index in [4.69, 9.17) is 4.74 Å². The molecule has 0 bridgehead atoms. The molecule has 3 aromatic carbocycles. The number of fused-ring (bicyclic) bond motifs is 3. The summed E-state index contributed by atoms with van der Waals surface area (Å²) in [4.78, 5) is 12.1. The third-order valence-corrected chi connectivity index (χ3v) is 4.96. The number of phenolic OH excluding ortho intramolecular Hbond substituents is 1. The number of hydrogen-bond acceptors (Lipinski definition) is 3. The molecule has 0 aliphatic heterocycles. The molecule has 1 aliphatic carbocycles. The SMILES string of the molecule is O=C(NCCC#Cc1ccc(O)cc1)OCC1c2ccccc2-c2ccccc21. The summed E-state index contributed by atoms with van der Waals surface area (Å²) in [6.45, 7) is 0.723. The first-order valence-corrected chi connectivity index (χ1v) is 9.59. The standard InChI is InChI=1S/C25H21NO3/c27-19-14-12-18(13-15-19)7-5-6-16-26-25(28)29-17-24-22-10-3-1-8-20(22)21-9-2-4-11-23(21)24/h1-4,8-15,24,27H,6,16-17H2,(H,26,28). The molecule has 0 fully saturated rings. The number of hydrogen-bond donors (Lipinski definition) is 2. The zero-order valence-corrected chi connectivity index (χ0v) is 15.9. The lowest BCUT2D eigenvalue weighted by Gasteiger charge is -2.14. The van der Waals surface area contributed by atoms with Gasteiger partial charge in [-0.15, -0.1) is 0 Å². The van der Waals surface area contributed by atoms with Gasteiger partial charge in [-0.3, -0.25) is 0 Å². The van der Waals surface area contributed by atoms with Crippen molar-refractivity contribution in [1.82, 2.24) is 5.32 Å². The van der Waals surface area contributed by atoms with Gasteiger partial charge in [-0.25, -0.2) is 4.79 Å². The van der Waals surface area contributed by atoms with Crippen LogP contribution in [0.1, 0.15) is 29.0 Å². The van der Waals surface area contributed by atoms with Crippen LogP contribution >= 0.6 is 0 Å². The lowest BCUT2D eigenvalue weighted by atomic mass is 9.98.